The fraction of sp³-hybridized carbons (Fsp3) is 0.308. The van der Waals surface area contributed by atoms with Crippen molar-refractivity contribution in [3.63, 3.8) is 0 Å². The average molecular weight is 242 g/mol. The van der Waals surface area contributed by atoms with Crippen molar-refractivity contribution in [1.82, 2.24) is 10.7 Å². The standard InChI is InChI=1S/C13H14N4O/c18-12-6-5-11(16-17-12)9-1-3-10(4-2-9)13-14-7-8-15-13/h1-4H,5-8H2,(H,14,15)(H,17,18). The first-order valence-corrected chi connectivity index (χ1v) is 6.07. The minimum atomic E-state index is -0.0140. The molecule has 0 radical (unpaired) electrons. The van der Waals surface area contributed by atoms with Crippen molar-refractivity contribution in [2.45, 2.75) is 12.8 Å². The van der Waals surface area contributed by atoms with Crippen molar-refractivity contribution in [1.29, 1.82) is 0 Å². The van der Waals surface area contributed by atoms with E-state index in [9.17, 15) is 4.79 Å². The fourth-order valence-electron chi connectivity index (χ4n) is 2.09. The molecule has 0 saturated carbocycles. The number of hydrogen-bond acceptors (Lipinski definition) is 4. The molecule has 1 aromatic rings. The van der Waals surface area contributed by atoms with Gasteiger partial charge < -0.3 is 5.32 Å². The summed E-state index contributed by atoms with van der Waals surface area (Å²) in [6, 6.07) is 8.11. The molecule has 0 aliphatic carbocycles. The Morgan fingerprint density at radius 1 is 1.06 bits per heavy atom. The van der Waals surface area contributed by atoms with E-state index in [-0.39, 0.29) is 5.91 Å². The lowest BCUT2D eigenvalue weighted by Gasteiger charge is -2.12. The minimum absolute atomic E-state index is 0.0140. The van der Waals surface area contributed by atoms with Crippen LogP contribution in [0.1, 0.15) is 24.0 Å². The highest BCUT2D eigenvalue weighted by molar-refractivity contribution is 6.05. The molecule has 2 heterocycles. The van der Waals surface area contributed by atoms with Gasteiger partial charge in [0.15, 0.2) is 0 Å². The van der Waals surface area contributed by atoms with Gasteiger partial charge in [-0.15, -0.1) is 0 Å². The van der Waals surface area contributed by atoms with Crippen molar-refractivity contribution in [3.05, 3.63) is 35.4 Å². The second kappa shape index (κ2) is 4.60. The molecule has 0 unspecified atom stereocenters. The zero-order valence-corrected chi connectivity index (χ0v) is 9.94. The van der Waals surface area contributed by atoms with E-state index in [1.165, 1.54) is 0 Å². The highest BCUT2D eigenvalue weighted by Gasteiger charge is 2.14. The molecule has 0 aromatic heterocycles. The molecule has 3 rings (SSSR count). The van der Waals surface area contributed by atoms with Crippen LogP contribution < -0.4 is 10.7 Å². The maximum Gasteiger partial charge on any atom is 0.240 e. The van der Waals surface area contributed by atoms with Crippen LogP contribution in [0.25, 0.3) is 0 Å². The lowest BCUT2D eigenvalue weighted by Crippen LogP contribution is -2.26. The van der Waals surface area contributed by atoms with Gasteiger partial charge in [-0.05, 0) is 5.56 Å². The maximum atomic E-state index is 11.0. The lowest BCUT2D eigenvalue weighted by atomic mass is 10.0. The highest BCUT2D eigenvalue weighted by atomic mass is 16.2. The first-order chi connectivity index (χ1) is 8.83. The maximum absolute atomic E-state index is 11.0. The van der Waals surface area contributed by atoms with Gasteiger partial charge in [0.2, 0.25) is 5.91 Å². The first kappa shape index (κ1) is 11.0. The number of carbonyl (C=O) groups excluding carboxylic acids is 1. The first-order valence-electron chi connectivity index (χ1n) is 6.07. The summed E-state index contributed by atoms with van der Waals surface area (Å²) in [6.45, 7) is 1.76. The molecule has 18 heavy (non-hydrogen) atoms. The molecule has 2 aliphatic rings. The van der Waals surface area contributed by atoms with Crippen molar-refractivity contribution >= 4 is 17.5 Å². The Morgan fingerprint density at radius 2 is 1.83 bits per heavy atom. The number of hydrazone groups is 1. The zero-order chi connectivity index (χ0) is 12.4. The van der Waals surface area contributed by atoms with E-state index in [1.807, 2.05) is 24.3 Å². The molecule has 0 atom stereocenters. The number of rotatable bonds is 2. The molecule has 5 heteroatoms. The molecule has 92 valence electrons. The summed E-state index contributed by atoms with van der Waals surface area (Å²) >= 11 is 0. The Kier molecular flexibility index (Phi) is 2.80. The SMILES string of the molecule is O=C1CCC(c2ccc(C3=NCCN3)cc2)=NN1. The predicted octanol–water partition coefficient (Wildman–Crippen LogP) is 0.651. The average Bonchev–Trinajstić information content (AvgIpc) is 2.94. The van der Waals surface area contributed by atoms with E-state index < -0.39 is 0 Å². The van der Waals surface area contributed by atoms with Gasteiger partial charge >= 0.3 is 0 Å². The molecular weight excluding hydrogens is 228 g/mol. The van der Waals surface area contributed by atoms with Crippen molar-refractivity contribution < 1.29 is 4.79 Å². The van der Waals surface area contributed by atoms with Crippen molar-refractivity contribution in [2.24, 2.45) is 10.1 Å². The van der Waals surface area contributed by atoms with Crippen molar-refractivity contribution in [2.75, 3.05) is 13.1 Å². The molecule has 0 spiro atoms. The van der Waals surface area contributed by atoms with Crippen molar-refractivity contribution in [3.8, 4) is 0 Å². The minimum Gasteiger partial charge on any atom is -0.368 e. The van der Waals surface area contributed by atoms with Gasteiger partial charge in [-0.25, -0.2) is 5.43 Å². The molecular formula is C13H14N4O. The summed E-state index contributed by atoms with van der Waals surface area (Å²) in [5.74, 6) is 0.945. The van der Waals surface area contributed by atoms with Crippen LogP contribution in [0.2, 0.25) is 0 Å². The van der Waals surface area contributed by atoms with Gasteiger partial charge in [0, 0.05) is 24.9 Å². The summed E-state index contributed by atoms with van der Waals surface area (Å²) < 4.78 is 0. The van der Waals surface area contributed by atoms with Gasteiger partial charge in [-0.1, -0.05) is 24.3 Å². The van der Waals surface area contributed by atoms with Crippen LogP contribution in [0.15, 0.2) is 34.4 Å². The molecule has 2 aliphatic heterocycles. The molecule has 0 saturated heterocycles. The Hall–Kier alpha value is -2.17. The smallest absolute Gasteiger partial charge is 0.240 e. The van der Waals surface area contributed by atoms with E-state index in [2.05, 4.69) is 20.8 Å². The van der Waals surface area contributed by atoms with E-state index in [0.29, 0.717) is 12.8 Å². The van der Waals surface area contributed by atoms with Gasteiger partial charge in [-0.3, -0.25) is 9.79 Å². The Bertz CT molecular complexity index is 530. The lowest BCUT2D eigenvalue weighted by molar-refractivity contribution is -0.121. The molecule has 0 fully saturated rings. The second-order valence-corrected chi connectivity index (χ2v) is 4.33. The number of hydrogen-bond donors (Lipinski definition) is 2. The van der Waals surface area contributed by atoms with Crippen LogP contribution in [0.3, 0.4) is 0 Å². The third-order valence-electron chi connectivity index (χ3n) is 3.07. The number of nitrogens with one attached hydrogen (secondary N) is 2. The number of amides is 1. The van der Waals surface area contributed by atoms with Gasteiger partial charge in [0.25, 0.3) is 0 Å². The quantitative estimate of drug-likeness (QED) is 0.799. The molecule has 2 N–H and O–H groups in total. The Balaban J connectivity index is 1.80. The van der Waals surface area contributed by atoms with E-state index >= 15 is 0 Å². The summed E-state index contributed by atoms with van der Waals surface area (Å²) in [5.41, 5.74) is 5.59. The Morgan fingerprint density at radius 3 is 2.44 bits per heavy atom. The molecule has 5 nitrogen and oxygen atoms in total. The van der Waals surface area contributed by atoms with Gasteiger partial charge in [0.05, 0.1) is 12.3 Å². The third-order valence-corrected chi connectivity index (χ3v) is 3.07. The summed E-state index contributed by atoms with van der Waals surface area (Å²) in [7, 11) is 0. The number of carbonyl (C=O) groups is 1. The summed E-state index contributed by atoms with van der Waals surface area (Å²) in [4.78, 5) is 15.4. The van der Waals surface area contributed by atoms with Gasteiger partial charge in [-0.2, -0.15) is 5.10 Å². The zero-order valence-electron chi connectivity index (χ0n) is 9.94. The second-order valence-electron chi connectivity index (χ2n) is 4.33. The Labute approximate surface area is 105 Å². The van der Waals surface area contributed by atoms with Gasteiger partial charge in [0.1, 0.15) is 5.84 Å². The predicted molar refractivity (Wildman–Crippen MR) is 69.8 cm³/mol. The molecule has 0 bridgehead atoms. The van der Waals surface area contributed by atoms with E-state index in [0.717, 1.165) is 35.8 Å². The van der Waals surface area contributed by atoms with E-state index in [4.69, 9.17) is 0 Å². The summed E-state index contributed by atoms with van der Waals surface area (Å²) in [6.07, 6.45) is 1.21. The molecule has 1 aromatic carbocycles. The normalized spacial score (nSPS) is 18.8. The monoisotopic (exact) mass is 242 g/mol. The number of nitrogens with zero attached hydrogens (tertiary/aromatic N) is 2. The van der Waals surface area contributed by atoms with Crippen LogP contribution in [0, 0.1) is 0 Å². The van der Waals surface area contributed by atoms with Crippen LogP contribution in [-0.2, 0) is 4.79 Å². The van der Waals surface area contributed by atoms with Crippen LogP contribution in [0.4, 0.5) is 0 Å². The topological polar surface area (TPSA) is 65.8 Å². The van der Waals surface area contributed by atoms with Crippen LogP contribution >= 0.6 is 0 Å². The third kappa shape index (κ3) is 2.11. The summed E-state index contributed by atoms with van der Waals surface area (Å²) in [5, 5.41) is 7.32. The number of amidine groups is 1. The molecule has 1 amide bonds. The number of benzene rings is 1. The number of aliphatic imine (C=N–C) groups is 1. The van der Waals surface area contributed by atoms with Crippen LogP contribution in [0.5, 0.6) is 0 Å². The largest absolute Gasteiger partial charge is 0.368 e. The van der Waals surface area contributed by atoms with E-state index in [1.54, 1.807) is 0 Å². The van der Waals surface area contributed by atoms with Crippen LogP contribution in [-0.4, -0.2) is 30.5 Å². The fourth-order valence-corrected chi connectivity index (χ4v) is 2.09. The highest BCUT2D eigenvalue weighted by Crippen LogP contribution is 2.12.